The second-order valence-electron chi connectivity index (χ2n) is 6.68. The van der Waals surface area contributed by atoms with Gasteiger partial charge < -0.3 is 5.11 Å². The summed E-state index contributed by atoms with van der Waals surface area (Å²) in [5, 5.41) is 18.8. The third-order valence-electron chi connectivity index (χ3n) is 4.77. The molecule has 4 heteroatoms. The van der Waals surface area contributed by atoms with Crippen molar-refractivity contribution in [3.05, 3.63) is 83.9 Å². The van der Waals surface area contributed by atoms with Crippen LogP contribution in [0.1, 0.15) is 25.0 Å². The lowest BCUT2D eigenvalue weighted by Gasteiger charge is -2.26. The highest BCUT2D eigenvalue weighted by Crippen LogP contribution is 2.35. The average Bonchev–Trinajstić information content (AvgIpc) is 3.07. The number of aromatic nitrogens is 3. The van der Waals surface area contributed by atoms with Crippen LogP contribution >= 0.6 is 0 Å². The predicted octanol–water partition coefficient (Wildman–Crippen LogP) is 4.45. The fourth-order valence-electron chi connectivity index (χ4n) is 3.15. The number of fused-ring (bicyclic) bond motifs is 1. The summed E-state index contributed by atoms with van der Waals surface area (Å²) >= 11 is 0. The van der Waals surface area contributed by atoms with E-state index in [1.807, 2.05) is 54.6 Å². The number of hydrogen-bond donors (Lipinski definition) is 1. The minimum Gasteiger partial charge on any atom is -0.506 e. The molecule has 0 saturated carbocycles. The second kappa shape index (κ2) is 5.74. The van der Waals surface area contributed by atoms with Gasteiger partial charge in [0.2, 0.25) is 0 Å². The molecule has 0 spiro atoms. The maximum Gasteiger partial charge on any atom is 0.141 e. The smallest absolute Gasteiger partial charge is 0.141 e. The third-order valence-corrected chi connectivity index (χ3v) is 4.77. The van der Waals surface area contributed by atoms with Crippen LogP contribution in [0.2, 0.25) is 0 Å². The van der Waals surface area contributed by atoms with E-state index in [2.05, 4.69) is 36.3 Å². The minimum atomic E-state index is -0.194. The largest absolute Gasteiger partial charge is 0.506 e. The highest BCUT2D eigenvalue weighted by molar-refractivity contribution is 5.76. The van der Waals surface area contributed by atoms with Crippen LogP contribution in [0.15, 0.2) is 72.8 Å². The topological polar surface area (TPSA) is 50.9 Å². The lowest BCUT2D eigenvalue weighted by Crippen LogP contribution is -2.19. The summed E-state index contributed by atoms with van der Waals surface area (Å²) in [6, 6.07) is 23.8. The zero-order valence-electron chi connectivity index (χ0n) is 14.2. The molecular formula is C21H19N3O. The molecule has 25 heavy (non-hydrogen) atoms. The Hall–Kier alpha value is -3.14. The number of aromatic hydroxyl groups is 1. The van der Waals surface area contributed by atoms with Crippen molar-refractivity contribution in [1.29, 1.82) is 0 Å². The van der Waals surface area contributed by atoms with E-state index >= 15 is 0 Å². The number of nitrogens with zero attached hydrogens (tertiary/aromatic N) is 3. The van der Waals surface area contributed by atoms with Crippen molar-refractivity contribution in [3.63, 3.8) is 0 Å². The zero-order chi connectivity index (χ0) is 17.4. The molecule has 0 saturated heterocycles. The number of phenols is 1. The van der Waals surface area contributed by atoms with E-state index in [-0.39, 0.29) is 11.2 Å². The van der Waals surface area contributed by atoms with Gasteiger partial charge in [-0.1, -0.05) is 67.6 Å². The molecule has 0 aliphatic heterocycles. The van der Waals surface area contributed by atoms with Crippen LogP contribution in [0.25, 0.3) is 16.7 Å². The van der Waals surface area contributed by atoms with Gasteiger partial charge in [-0.3, -0.25) is 0 Å². The van der Waals surface area contributed by atoms with Gasteiger partial charge in [0.15, 0.2) is 0 Å². The van der Waals surface area contributed by atoms with Gasteiger partial charge in [0, 0.05) is 5.41 Å². The molecule has 0 atom stereocenters. The second-order valence-corrected chi connectivity index (χ2v) is 6.68. The van der Waals surface area contributed by atoms with Crippen molar-refractivity contribution >= 4 is 11.0 Å². The van der Waals surface area contributed by atoms with Gasteiger partial charge >= 0.3 is 0 Å². The first-order valence-electron chi connectivity index (χ1n) is 8.27. The fourth-order valence-corrected chi connectivity index (χ4v) is 3.15. The Morgan fingerprint density at radius 3 is 2.36 bits per heavy atom. The Morgan fingerprint density at radius 1 is 0.840 bits per heavy atom. The van der Waals surface area contributed by atoms with Gasteiger partial charge in [-0.15, -0.1) is 5.10 Å². The number of para-hydroxylation sites is 1. The van der Waals surface area contributed by atoms with Gasteiger partial charge in [-0.2, -0.15) is 0 Å². The monoisotopic (exact) mass is 329 g/mol. The molecular weight excluding hydrogens is 310 g/mol. The van der Waals surface area contributed by atoms with E-state index in [0.717, 1.165) is 16.6 Å². The van der Waals surface area contributed by atoms with Crippen LogP contribution in [0.5, 0.6) is 5.75 Å². The molecule has 0 radical (unpaired) electrons. The molecule has 0 fully saturated rings. The molecule has 124 valence electrons. The molecule has 3 aromatic carbocycles. The van der Waals surface area contributed by atoms with Crippen molar-refractivity contribution in [1.82, 2.24) is 15.0 Å². The van der Waals surface area contributed by atoms with Gasteiger partial charge in [-0.05, 0) is 35.4 Å². The number of benzene rings is 3. The maximum atomic E-state index is 10.4. The summed E-state index contributed by atoms with van der Waals surface area (Å²) in [6.45, 7) is 4.36. The van der Waals surface area contributed by atoms with Crippen molar-refractivity contribution < 1.29 is 5.11 Å². The Labute approximate surface area is 146 Å². The zero-order valence-corrected chi connectivity index (χ0v) is 14.2. The lowest BCUT2D eigenvalue weighted by atomic mass is 9.78. The van der Waals surface area contributed by atoms with Gasteiger partial charge in [0.05, 0.1) is 5.52 Å². The van der Waals surface area contributed by atoms with Crippen molar-refractivity contribution in [3.8, 4) is 11.4 Å². The Morgan fingerprint density at radius 2 is 1.56 bits per heavy atom. The minimum absolute atomic E-state index is 0.184. The molecule has 0 aliphatic carbocycles. The summed E-state index contributed by atoms with van der Waals surface area (Å²) in [6.07, 6.45) is 0. The SMILES string of the molecule is CC(C)(c1ccccc1)c1ccc(O)c(-n2nnc3ccccc32)c1. The Kier molecular flexibility index (Phi) is 3.53. The molecule has 1 aromatic heterocycles. The molecule has 4 rings (SSSR count). The third kappa shape index (κ3) is 2.56. The van der Waals surface area contributed by atoms with Crippen LogP contribution in [-0.4, -0.2) is 20.1 Å². The first-order chi connectivity index (χ1) is 12.1. The van der Waals surface area contributed by atoms with Crippen molar-refractivity contribution in [2.45, 2.75) is 19.3 Å². The summed E-state index contributed by atoms with van der Waals surface area (Å²) < 4.78 is 1.69. The Balaban J connectivity index is 1.87. The standard InChI is InChI=1S/C21H19N3O/c1-21(2,15-8-4-3-5-9-15)16-12-13-20(25)19(14-16)24-18-11-7-6-10-17(18)22-23-24/h3-14,25H,1-2H3. The van der Waals surface area contributed by atoms with Gasteiger partial charge in [-0.25, -0.2) is 4.68 Å². The van der Waals surface area contributed by atoms with Crippen LogP contribution in [0.3, 0.4) is 0 Å². The first-order valence-corrected chi connectivity index (χ1v) is 8.27. The van der Waals surface area contributed by atoms with Crippen LogP contribution in [0, 0.1) is 0 Å². The number of hydrogen-bond acceptors (Lipinski definition) is 3. The molecule has 0 unspecified atom stereocenters. The highest BCUT2D eigenvalue weighted by atomic mass is 16.3. The summed E-state index contributed by atoms with van der Waals surface area (Å²) in [5.41, 5.74) is 4.43. The summed E-state index contributed by atoms with van der Waals surface area (Å²) in [4.78, 5) is 0. The molecule has 0 amide bonds. The molecule has 0 aliphatic rings. The Bertz CT molecular complexity index is 1040. The van der Waals surface area contributed by atoms with Crippen LogP contribution in [0.4, 0.5) is 0 Å². The van der Waals surface area contributed by atoms with E-state index in [1.54, 1.807) is 10.7 Å². The lowest BCUT2D eigenvalue weighted by molar-refractivity contribution is 0.469. The van der Waals surface area contributed by atoms with E-state index in [0.29, 0.717) is 5.69 Å². The molecule has 0 bridgehead atoms. The fraction of sp³-hybridized carbons (Fsp3) is 0.143. The molecule has 4 nitrogen and oxygen atoms in total. The van der Waals surface area contributed by atoms with E-state index < -0.39 is 0 Å². The predicted molar refractivity (Wildman–Crippen MR) is 99.1 cm³/mol. The quantitative estimate of drug-likeness (QED) is 0.604. The van der Waals surface area contributed by atoms with Gasteiger partial charge in [0.25, 0.3) is 0 Å². The number of rotatable bonds is 3. The summed E-state index contributed by atoms with van der Waals surface area (Å²) in [5.74, 6) is 0.184. The number of phenolic OH excluding ortho intramolecular Hbond substituents is 1. The van der Waals surface area contributed by atoms with Crippen molar-refractivity contribution in [2.75, 3.05) is 0 Å². The van der Waals surface area contributed by atoms with Crippen LogP contribution in [-0.2, 0) is 5.41 Å². The molecule has 1 heterocycles. The molecule has 1 N–H and O–H groups in total. The van der Waals surface area contributed by atoms with Gasteiger partial charge in [0.1, 0.15) is 17.0 Å². The van der Waals surface area contributed by atoms with E-state index in [1.165, 1.54) is 5.56 Å². The maximum absolute atomic E-state index is 10.4. The van der Waals surface area contributed by atoms with Crippen LogP contribution < -0.4 is 0 Å². The normalized spacial score (nSPS) is 11.8. The van der Waals surface area contributed by atoms with Crippen molar-refractivity contribution in [2.24, 2.45) is 0 Å². The van der Waals surface area contributed by atoms with E-state index in [9.17, 15) is 5.11 Å². The first kappa shape index (κ1) is 15.4. The molecule has 4 aromatic rings. The highest BCUT2D eigenvalue weighted by Gasteiger charge is 2.24. The average molecular weight is 329 g/mol. The summed E-state index contributed by atoms with van der Waals surface area (Å²) in [7, 11) is 0. The van der Waals surface area contributed by atoms with E-state index in [4.69, 9.17) is 0 Å².